The van der Waals surface area contributed by atoms with Gasteiger partial charge in [-0.3, -0.25) is 14.2 Å². The van der Waals surface area contributed by atoms with Crippen molar-refractivity contribution in [3.63, 3.8) is 0 Å². The number of phosphoric ester groups is 1. The normalized spacial score (nSPS) is 13.7. The highest BCUT2D eigenvalue weighted by atomic mass is 31.2. The lowest BCUT2D eigenvalue weighted by Crippen LogP contribution is -2.37. The molecule has 0 aromatic carbocycles. The first-order valence-electron chi connectivity index (χ1n) is 40.9. The molecule has 0 saturated carbocycles. The Morgan fingerprint density at radius 2 is 0.582 bits per heavy atom. The maximum Gasteiger partial charge on any atom is 0.306 e. The Bertz CT molecular complexity index is 2120. The van der Waals surface area contributed by atoms with Crippen molar-refractivity contribution in [3.05, 3.63) is 134 Å². The van der Waals surface area contributed by atoms with Crippen molar-refractivity contribution >= 4 is 19.8 Å². The fraction of sp³-hybridized carbons (Fsp3) is 0.727. The number of hydrogen-bond donors (Lipinski definition) is 0. The molecule has 10 heteroatoms. The Hall–Kier alpha value is -3.85. The molecule has 0 radical (unpaired) electrons. The minimum Gasteiger partial charge on any atom is -0.756 e. The highest BCUT2D eigenvalue weighted by Crippen LogP contribution is 2.38. The van der Waals surface area contributed by atoms with Gasteiger partial charge in [0, 0.05) is 12.8 Å². The molecule has 0 fully saturated rings. The molecule has 0 aliphatic heterocycles. The molecule has 0 rings (SSSR count). The number of unbranched alkanes of at least 4 members (excludes halogenated alkanes) is 39. The average Bonchev–Trinajstić information content (AvgIpc) is 1.23. The average molecular weight is 1390 g/mol. The van der Waals surface area contributed by atoms with Crippen molar-refractivity contribution in [3.8, 4) is 0 Å². The van der Waals surface area contributed by atoms with Crippen LogP contribution in [-0.4, -0.2) is 70.0 Å². The molecule has 0 N–H and O–H groups in total. The van der Waals surface area contributed by atoms with Crippen LogP contribution in [0.2, 0.25) is 0 Å². The Labute approximate surface area is 606 Å². The quantitative estimate of drug-likeness (QED) is 0.0195. The molecule has 0 saturated heterocycles. The van der Waals surface area contributed by atoms with E-state index in [1.54, 1.807) is 0 Å². The van der Waals surface area contributed by atoms with E-state index in [1.165, 1.54) is 218 Å². The first-order valence-corrected chi connectivity index (χ1v) is 42.4. The van der Waals surface area contributed by atoms with Gasteiger partial charge in [0.15, 0.2) is 6.10 Å². The van der Waals surface area contributed by atoms with Gasteiger partial charge in [0.25, 0.3) is 7.82 Å². The van der Waals surface area contributed by atoms with E-state index in [2.05, 4.69) is 148 Å². The second-order valence-electron chi connectivity index (χ2n) is 28.4. The van der Waals surface area contributed by atoms with E-state index in [1.807, 2.05) is 21.1 Å². The van der Waals surface area contributed by atoms with Crippen LogP contribution >= 0.6 is 7.82 Å². The summed E-state index contributed by atoms with van der Waals surface area (Å²) in [5, 5.41) is 0. The number of quaternary nitrogens is 1. The van der Waals surface area contributed by atoms with Gasteiger partial charge in [-0.15, -0.1) is 0 Å². The van der Waals surface area contributed by atoms with Gasteiger partial charge in [-0.2, -0.15) is 0 Å². The number of carbonyl (C=O) groups is 2. The zero-order valence-electron chi connectivity index (χ0n) is 64.5. The minimum atomic E-state index is -4.65. The van der Waals surface area contributed by atoms with E-state index >= 15 is 0 Å². The van der Waals surface area contributed by atoms with E-state index in [-0.39, 0.29) is 32.0 Å². The van der Waals surface area contributed by atoms with Crippen LogP contribution in [0.4, 0.5) is 0 Å². The van der Waals surface area contributed by atoms with E-state index in [0.29, 0.717) is 17.4 Å². The monoisotopic (exact) mass is 1380 g/mol. The smallest absolute Gasteiger partial charge is 0.306 e. The van der Waals surface area contributed by atoms with Crippen molar-refractivity contribution < 1.29 is 42.1 Å². The molecular formula is C88H154NO8P. The molecule has 98 heavy (non-hydrogen) atoms. The molecular weight excluding hydrogens is 1230 g/mol. The molecule has 0 heterocycles. The van der Waals surface area contributed by atoms with Crippen LogP contribution in [0.3, 0.4) is 0 Å². The van der Waals surface area contributed by atoms with Gasteiger partial charge >= 0.3 is 11.9 Å². The van der Waals surface area contributed by atoms with Gasteiger partial charge in [-0.05, 0) is 116 Å². The Kier molecular flexibility index (Phi) is 74.3. The molecule has 564 valence electrons. The molecule has 0 aliphatic carbocycles. The lowest BCUT2D eigenvalue weighted by atomic mass is 10.0. The highest BCUT2D eigenvalue weighted by Gasteiger charge is 2.22. The zero-order valence-corrected chi connectivity index (χ0v) is 65.3. The van der Waals surface area contributed by atoms with Crippen molar-refractivity contribution in [1.29, 1.82) is 0 Å². The number of rotatable bonds is 75. The summed E-state index contributed by atoms with van der Waals surface area (Å²) in [4.78, 5) is 38.2. The van der Waals surface area contributed by atoms with Crippen LogP contribution in [-0.2, 0) is 32.7 Å². The minimum absolute atomic E-state index is 0.0349. The molecule has 2 unspecified atom stereocenters. The van der Waals surface area contributed by atoms with Gasteiger partial charge in [-0.1, -0.05) is 366 Å². The Morgan fingerprint density at radius 3 is 0.867 bits per heavy atom. The zero-order chi connectivity index (χ0) is 71.1. The van der Waals surface area contributed by atoms with Crippen molar-refractivity contribution in [2.75, 3.05) is 47.5 Å². The summed E-state index contributed by atoms with van der Waals surface area (Å²) in [7, 11) is 1.17. The third kappa shape index (κ3) is 81.1. The second-order valence-corrected chi connectivity index (χ2v) is 29.8. The third-order valence-corrected chi connectivity index (χ3v) is 18.6. The summed E-state index contributed by atoms with van der Waals surface area (Å²) in [6, 6.07) is 0. The van der Waals surface area contributed by atoms with E-state index in [0.717, 1.165) is 109 Å². The molecule has 0 aliphatic rings. The predicted molar refractivity (Wildman–Crippen MR) is 424 cm³/mol. The van der Waals surface area contributed by atoms with Crippen molar-refractivity contribution in [1.82, 2.24) is 0 Å². The number of phosphoric acid groups is 1. The first kappa shape index (κ1) is 94.2. The molecule has 0 spiro atoms. The second kappa shape index (κ2) is 77.3. The molecule has 0 aromatic rings. The van der Waals surface area contributed by atoms with Gasteiger partial charge in [0.1, 0.15) is 19.8 Å². The summed E-state index contributed by atoms with van der Waals surface area (Å²) >= 11 is 0. The van der Waals surface area contributed by atoms with Gasteiger partial charge in [0.05, 0.1) is 27.7 Å². The van der Waals surface area contributed by atoms with Crippen LogP contribution in [0.25, 0.3) is 0 Å². The summed E-state index contributed by atoms with van der Waals surface area (Å²) in [6.07, 6.45) is 113. The molecule has 0 amide bonds. The number of allylic oxidation sites excluding steroid dienone is 22. The van der Waals surface area contributed by atoms with Crippen LogP contribution in [0.5, 0.6) is 0 Å². The number of hydrogen-bond acceptors (Lipinski definition) is 8. The predicted octanol–water partition coefficient (Wildman–Crippen LogP) is 26.9. The standard InChI is InChI=1S/C88H154NO8P/c1-6-8-10-12-14-16-18-20-22-24-26-28-30-32-34-36-38-40-42-43-44-45-47-49-51-53-55-57-59-61-63-65-67-69-71-73-75-77-79-81-88(91)97-86(85-96-98(92,93)95-83-82-89(3,4)5)84-94-87(90)80-78-76-74-72-70-68-66-64-62-60-58-56-54-52-50-48-46-41-39-37-35-33-31-29-27-25-23-21-19-17-15-13-11-9-7-2/h8,10,14,16,19-22,25-28,32,34,38,40,43-44,47,49,53,55,86H,6-7,9,11-13,15,17-18,23-24,29-31,33,35-37,39,41-42,45-46,48,50-52,54,56-85H2,1-5H3/b10-8-,16-14-,21-19-,22-20-,27-25-,28-26-,34-32-,40-38-,44-43-,49-47-,55-53-. The van der Waals surface area contributed by atoms with Gasteiger partial charge in [-0.25, -0.2) is 0 Å². The fourth-order valence-electron chi connectivity index (χ4n) is 11.4. The summed E-state index contributed by atoms with van der Waals surface area (Å²) in [5.74, 6) is -0.828. The van der Waals surface area contributed by atoms with Gasteiger partial charge in [0.2, 0.25) is 0 Å². The van der Waals surface area contributed by atoms with Crippen LogP contribution < -0.4 is 4.89 Å². The largest absolute Gasteiger partial charge is 0.756 e. The Balaban J connectivity index is 3.99. The van der Waals surface area contributed by atoms with Crippen LogP contribution in [0, 0.1) is 0 Å². The SMILES string of the molecule is CC/C=C\C/C=C\C/C=C\C/C=C\C/C=C\C/C=C\C/C=C\C/C=C\C/C=C\CCCCCCCCCCCCCC(=O)OC(COC(=O)CCCCCCCCCCCCCCCCCCCCCCCCC/C=C\C/C=C\CCCCCCC)COP(=O)([O-])OCC[N+](C)(C)C. The third-order valence-electron chi connectivity index (χ3n) is 17.7. The van der Waals surface area contributed by atoms with Crippen molar-refractivity contribution in [2.45, 2.75) is 367 Å². The number of likely N-dealkylation sites (N-methyl/N-ethyl adjacent to an activating group) is 1. The number of ether oxygens (including phenoxy) is 2. The maximum atomic E-state index is 12.9. The maximum absolute atomic E-state index is 12.9. The van der Waals surface area contributed by atoms with E-state index in [4.69, 9.17) is 18.5 Å². The fourth-order valence-corrected chi connectivity index (χ4v) is 12.2. The van der Waals surface area contributed by atoms with E-state index < -0.39 is 26.5 Å². The summed E-state index contributed by atoms with van der Waals surface area (Å²) in [5.41, 5.74) is 0. The number of carbonyl (C=O) groups excluding carboxylic acids is 2. The summed E-state index contributed by atoms with van der Waals surface area (Å²) < 4.78 is 34.4. The Morgan fingerprint density at radius 1 is 0.327 bits per heavy atom. The molecule has 9 nitrogen and oxygen atoms in total. The van der Waals surface area contributed by atoms with E-state index in [9.17, 15) is 19.0 Å². The van der Waals surface area contributed by atoms with Gasteiger partial charge < -0.3 is 27.9 Å². The number of nitrogens with zero attached hydrogens (tertiary/aromatic N) is 1. The van der Waals surface area contributed by atoms with Crippen molar-refractivity contribution in [2.24, 2.45) is 0 Å². The molecule has 0 aromatic heterocycles. The lowest BCUT2D eigenvalue weighted by molar-refractivity contribution is -0.870. The topological polar surface area (TPSA) is 111 Å². The highest BCUT2D eigenvalue weighted by molar-refractivity contribution is 7.45. The molecule has 2 atom stereocenters. The lowest BCUT2D eigenvalue weighted by Gasteiger charge is -2.28. The van der Waals surface area contributed by atoms with Crippen LogP contribution in [0.15, 0.2) is 134 Å². The van der Waals surface area contributed by atoms with Crippen LogP contribution in [0.1, 0.15) is 361 Å². The number of esters is 2. The summed E-state index contributed by atoms with van der Waals surface area (Å²) in [6.45, 7) is 4.15. The molecule has 0 bridgehead atoms. The first-order chi connectivity index (χ1) is 48.0.